The van der Waals surface area contributed by atoms with Crippen molar-refractivity contribution in [2.45, 2.75) is 19.9 Å². The van der Waals surface area contributed by atoms with Crippen LogP contribution in [0.2, 0.25) is 0 Å². The number of nitrogens with zero attached hydrogens (tertiary/aromatic N) is 4. The first kappa shape index (κ1) is 15.8. The Morgan fingerprint density at radius 3 is 3.12 bits per heavy atom. The van der Waals surface area contributed by atoms with Crippen molar-refractivity contribution in [1.29, 1.82) is 0 Å². The van der Waals surface area contributed by atoms with Crippen molar-refractivity contribution in [1.82, 2.24) is 19.9 Å². The van der Waals surface area contributed by atoms with Gasteiger partial charge >= 0.3 is 0 Å². The van der Waals surface area contributed by atoms with Crippen molar-refractivity contribution >= 4 is 22.7 Å². The fourth-order valence-corrected chi connectivity index (χ4v) is 3.20. The Bertz CT molecular complexity index is 877. The maximum Gasteiger partial charge on any atom is 0.164 e. The SMILES string of the molecule is CCNc1cc(N2CCOC[C@H]2C)nc(-c2ccnc3[nH]ccc23)n1. The van der Waals surface area contributed by atoms with E-state index in [9.17, 15) is 0 Å². The zero-order chi connectivity index (χ0) is 17.2. The number of H-pyrrole nitrogens is 1. The predicted octanol–water partition coefficient (Wildman–Crippen LogP) is 2.68. The molecule has 25 heavy (non-hydrogen) atoms. The van der Waals surface area contributed by atoms with Gasteiger partial charge in [-0.15, -0.1) is 0 Å². The summed E-state index contributed by atoms with van der Waals surface area (Å²) in [5, 5.41) is 4.35. The maximum absolute atomic E-state index is 5.56. The van der Waals surface area contributed by atoms with E-state index in [0.29, 0.717) is 12.4 Å². The average molecular weight is 338 g/mol. The van der Waals surface area contributed by atoms with Crippen molar-refractivity contribution in [3.8, 4) is 11.4 Å². The minimum atomic E-state index is 0.288. The molecule has 0 unspecified atom stereocenters. The van der Waals surface area contributed by atoms with E-state index in [1.807, 2.05) is 24.4 Å². The van der Waals surface area contributed by atoms with Gasteiger partial charge in [-0.3, -0.25) is 0 Å². The molecule has 1 aliphatic rings. The third-order valence-electron chi connectivity index (χ3n) is 4.43. The molecule has 3 aromatic rings. The van der Waals surface area contributed by atoms with Gasteiger partial charge in [0.25, 0.3) is 0 Å². The van der Waals surface area contributed by atoms with Crippen LogP contribution in [0.3, 0.4) is 0 Å². The number of morpholine rings is 1. The molecule has 3 aromatic heterocycles. The fourth-order valence-electron chi connectivity index (χ4n) is 3.20. The van der Waals surface area contributed by atoms with Gasteiger partial charge in [0.1, 0.15) is 17.3 Å². The molecular weight excluding hydrogens is 316 g/mol. The zero-order valence-electron chi connectivity index (χ0n) is 14.5. The summed E-state index contributed by atoms with van der Waals surface area (Å²) >= 11 is 0. The summed E-state index contributed by atoms with van der Waals surface area (Å²) in [5.41, 5.74) is 1.82. The highest BCUT2D eigenvalue weighted by molar-refractivity contribution is 5.91. The van der Waals surface area contributed by atoms with Crippen molar-refractivity contribution in [3.05, 3.63) is 30.6 Å². The van der Waals surface area contributed by atoms with Gasteiger partial charge < -0.3 is 19.9 Å². The summed E-state index contributed by atoms with van der Waals surface area (Å²) in [5.74, 6) is 2.47. The van der Waals surface area contributed by atoms with E-state index in [4.69, 9.17) is 14.7 Å². The Morgan fingerprint density at radius 2 is 2.28 bits per heavy atom. The first-order valence-corrected chi connectivity index (χ1v) is 8.66. The Balaban J connectivity index is 1.83. The van der Waals surface area contributed by atoms with E-state index in [0.717, 1.165) is 47.9 Å². The molecule has 7 heteroatoms. The fraction of sp³-hybridized carbons (Fsp3) is 0.389. The zero-order valence-corrected chi connectivity index (χ0v) is 14.5. The highest BCUT2D eigenvalue weighted by Gasteiger charge is 2.22. The van der Waals surface area contributed by atoms with Crippen LogP contribution in [0, 0.1) is 0 Å². The number of rotatable bonds is 4. The molecule has 7 nitrogen and oxygen atoms in total. The average Bonchev–Trinajstić information content (AvgIpc) is 3.11. The van der Waals surface area contributed by atoms with Gasteiger partial charge in [0.05, 0.1) is 19.3 Å². The Morgan fingerprint density at radius 1 is 1.36 bits per heavy atom. The summed E-state index contributed by atoms with van der Waals surface area (Å²) in [6, 6.07) is 6.28. The molecule has 4 heterocycles. The van der Waals surface area contributed by atoms with Crippen LogP contribution in [0.4, 0.5) is 11.6 Å². The molecule has 1 fully saturated rings. The van der Waals surface area contributed by atoms with Crippen LogP contribution in [0.1, 0.15) is 13.8 Å². The van der Waals surface area contributed by atoms with Crippen LogP contribution < -0.4 is 10.2 Å². The van der Waals surface area contributed by atoms with E-state index in [2.05, 4.69) is 34.0 Å². The number of ether oxygens (including phenoxy) is 1. The van der Waals surface area contributed by atoms with Crippen LogP contribution >= 0.6 is 0 Å². The van der Waals surface area contributed by atoms with E-state index < -0.39 is 0 Å². The Kier molecular flexibility index (Phi) is 4.23. The first-order valence-electron chi connectivity index (χ1n) is 8.66. The quantitative estimate of drug-likeness (QED) is 0.761. The number of aromatic amines is 1. The van der Waals surface area contributed by atoms with E-state index in [-0.39, 0.29) is 6.04 Å². The molecule has 2 N–H and O–H groups in total. The number of hydrogen-bond acceptors (Lipinski definition) is 6. The standard InChI is InChI=1S/C18H22N6O/c1-3-19-15-10-16(24-8-9-25-11-12(24)2)23-18(22-15)14-5-7-21-17-13(14)4-6-20-17/h4-7,10,12H,3,8-9,11H2,1-2H3,(H,20,21)(H,19,22,23)/t12-/m1/s1. The summed E-state index contributed by atoms with van der Waals surface area (Å²) in [6.45, 7) is 7.30. The molecule has 1 saturated heterocycles. The Labute approximate surface area is 146 Å². The minimum absolute atomic E-state index is 0.288. The molecular formula is C18H22N6O. The summed E-state index contributed by atoms with van der Waals surface area (Å²) in [7, 11) is 0. The smallest absolute Gasteiger partial charge is 0.164 e. The third-order valence-corrected chi connectivity index (χ3v) is 4.43. The van der Waals surface area contributed by atoms with Crippen molar-refractivity contribution in [2.75, 3.05) is 36.5 Å². The van der Waals surface area contributed by atoms with Gasteiger partial charge in [0.15, 0.2) is 5.82 Å². The van der Waals surface area contributed by atoms with Gasteiger partial charge in [-0.1, -0.05) is 0 Å². The predicted molar refractivity (Wildman–Crippen MR) is 98.9 cm³/mol. The maximum atomic E-state index is 5.56. The van der Waals surface area contributed by atoms with Gasteiger partial charge in [0.2, 0.25) is 0 Å². The van der Waals surface area contributed by atoms with Crippen LogP contribution in [-0.4, -0.2) is 52.3 Å². The van der Waals surface area contributed by atoms with Crippen LogP contribution in [-0.2, 0) is 4.74 Å². The highest BCUT2D eigenvalue weighted by atomic mass is 16.5. The largest absolute Gasteiger partial charge is 0.377 e. The lowest BCUT2D eigenvalue weighted by atomic mass is 10.1. The summed E-state index contributed by atoms with van der Waals surface area (Å²) in [4.78, 5) is 19.4. The van der Waals surface area contributed by atoms with Gasteiger partial charge in [0, 0.05) is 42.5 Å². The van der Waals surface area contributed by atoms with Crippen LogP contribution in [0.25, 0.3) is 22.4 Å². The molecule has 130 valence electrons. The second kappa shape index (κ2) is 6.68. The van der Waals surface area contributed by atoms with Crippen LogP contribution in [0.15, 0.2) is 30.6 Å². The van der Waals surface area contributed by atoms with Crippen molar-refractivity contribution in [2.24, 2.45) is 0 Å². The first-order chi connectivity index (χ1) is 12.3. The van der Waals surface area contributed by atoms with E-state index >= 15 is 0 Å². The molecule has 1 aliphatic heterocycles. The van der Waals surface area contributed by atoms with Gasteiger partial charge in [-0.05, 0) is 26.0 Å². The Hall–Kier alpha value is -2.67. The van der Waals surface area contributed by atoms with Crippen LogP contribution in [0.5, 0.6) is 0 Å². The van der Waals surface area contributed by atoms with E-state index in [1.54, 1.807) is 6.20 Å². The third kappa shape index (κ3) is 3.02. The number of aromatic nitrogens is 4. The lowest BCUT2D eigenvalue weighted by Crippen LogP contribution is -2.44. The lowest BCUT2D eigenvalue weighted by Gasteiger charge is -2.34. The van der Waals surface area contributed by atoms with Gasteiger partial charge in [-0.2, -0.15) is 0 Å². The normalized spacial score (nSPS) is 17.8. The molecule has 4 rings (SSSR count). The molecule has 0 aromatic carbocycles. The summed E-state index contributed by atoms with van der Waals surface area (Å²) in [6.07, 6.45) is 3.68. The second-order valence-electron chi connectivity index (χ2n) is 6.18. The van der Waals surface area contributed by atoms with Crippen molar-refractivity contribution in [3.63, 3.8) is 0 Å². The number of pyridine rings is 1. The molecule has 1 atom stereocenters. The topological polar surface area (TPSA) is 79.0 Å². The monoisotopic (exact) mass is 338 g/mol. The highest BCUT2D eigenvalue weighted by Crippen LogP contribution is 2.28. The molecule has 0 aliphatic carbocycles. The summed E-state index contributed by atoms with van der Waals surface area (Å²) < 4.78 is 5.56. The second-order valence-corrected chi connectivity index (χ2v) is 6.18. The molecule has 0 radical (unpaired) electrons. The minimum Gasteiger partial charge on any atom is -0.377 e. The van der Waals surface area contributed by atoms with E-state index in [1.165, 1.54) is 0 Å². The molecule has 0 spiro atoms. The van der Waals surface area contributed by atoms with Gasteiger partial charge in [-0.25, -0.2) is 15.0 Å². The lowest BCUT2D eigenvalue weighted by molar-refractivity contribution is 0.0985. The molecule has 0 bridgehead atoms. The number of hydrogen-bond donors (Lipinski definition) is 2. The molecule has 0 saturated carbocycles. The number of anilines is 2. The molecule has 0 amide bonds. The number of fused-ring (bicyclic) bond motifs is 1. The number of nitrogens with one attached hydrogen (secondary N) is 2. The van der Waals surface area contributed by atoms with Crippen molar-refractivity contribution < 1.29 is 4.74 Å².